The highest BCUT2D eigenvalue weighted by atomic mass is 16.5. The molecule has 2 heterocycles. The highest BCUT2D eigenvalue weighted by Crippen LogP contribution is 2.27. The smallest absolute Gasteiger partial charge is 0.260 e. The summed E-state index contributed by atoms with van der Waals surface area (Å²) >= 11 is 0. The van der Waals surface area contributed by atoms with Crippen LogP contribution in [0.5, 0.6) is 5.75 Å². The molecule has 0 unspecified atom stereocenters. The number of aryl methyl sites for hydroxylation is 1. The van der Waals surface area contributed by atoms with Gasteiger partial charge in [-0.05, 0) is 37.5 Å². The normalized spacial score (nSPS) is 17.8. The van der Waals surface area contributed by atoms with Gasteiger partial charge in [-0.1, -0.05) is 29.8 Å². The van der Waals surface area contributed by atoms with Crippen LogP contribution in [0.15, 0.2) is 48.8 Å². The number of rotatable bonds is 4. The first-order valence-electron chi connectivity index (χ1n) is 8.09. The van der Waals surface area contributed by atoms with Crippen molar-refractivity contribution in [1.29, 1.82) is 0 Å². The average molecular weight is 310 g/mol. The molecule has 1 fully saturated rings. The van der Waals surface area contributed by atoms with Crippen molar-refractivity contribution in [3.8, 4) is 5.75 Å². The topological polar surface area (TPSA) is 42.4 Å². The number of hydrogen-bond donors (Lipinski definition) is 0. The largest absolute Gasteiger partial charge is 0.482 e. The molecule has 0 spiro atoms. The second-order valence-corrected chi connectivity index (χ2v) is 6.07. The highest BCUT2D eigenvalue weighted by Gasteiger charge is 2.25. The molecule has 0 bridgehead atoms. The average Bonchev–Trinajstić information content (AvgIpc) is 2.61. The third-order valence-corrected chi connectivity index (χ3v) is 4.28. The van der Waals surface area contributed by atoms with E-state index >= 15 is 0 Å². The van der Waals surface area contributed by atoms with Crippen LogP contribution in [0, 0.1) is 6.92 Å². The SMILES string of the molecule is Cc1cccc([C@@H]2CCCN(C(=O)COc3cccnc3)C2)c1. The zero-order chi connectivity index (χ0) is 16.1. The van der Waals surface area contributed by atoms with E-state index in [-0.39, 0.29) is 12.5 Å². The number of carbonyl (C=O) groups is 1. The zero-order valence-electron chi connectivity index (χ0n) is 13.4. The van der Waals surface area contributed by atoms with E-state index in [2.05, 4.69) is 36.2 Å². The molecule has 4 heteroatoms. The van der Waals surface area contributed by atoms with Gasteiger partial charge in [0.1, 0.15) is 5.75 Å². The fourth-order valence-corrected chi connectivity index (χ4v) is 3.07. The van der Waals surface area contributed by atoms with E-state index in [9.17, 15) is 4.79 Å². The summed E-state index contributed by atoms with van der Waals surface area (Å²) in [6, 6.07) is 12.2. The Morgan fingerprint density at radius 1 is 1.35 bits per heavy atom. The summed E-state index contributed by atoms with van der Waals surface area (Å²) in [7, 11) is 0. The Bertz CT molecular complexity index is 657. The fourth-order valence-electron chi connectivity index (χ4n) is 3.07. The van der Waals surface area contributed by atoms with E-state index in [0.717, 1.165) is 25.9 Å². The molecule has 0 radical (unpaired) electrons. The predicted molar refractivity (Wildman–Crippen MR) is 89.5 cm³/mol. The van der Waals surface area contributed by atoms with E-state index in [1.54, 1.807) is 18.5 Å². The van der Waals surface area contributed by atoms with Crippen molar-refractivity contribution in [1.82, 2.24) is 9.88 Å². The lowest BCUT2D eigenvalue weighted by Crippen LogP contribution is -2.41. The summed E-state index contributed by atoms with van der Waals surface area (Å²) in [6.45, 7) is 3.78. The van der Waals surface area contributed by atoms with Crippen LogP contribution in [0.4, 0.5) is 0 Å². The molecule has 1 aliphatic rings. The first-order valence-corrected chi connectivity index (χ1v) is 8.09. The first-order chi connectivity index (χ1) is 11.2. The molecule has 1 amide bonds. The molecule has 4 nitrogen and oxygen atoms in total. The Kier molecular flexibility index (Phi) is 4.91. The van der Waals surface area contributed by atoms with Gasteiger partial charge >= 0.3 is 0 Å². The number of piperidine rings is 1. The molecular formula is C19H22N2O2. The van der Waals surface area contributed by atoms with Gasteiger partial charge in [0.05, 0.1) is 6.20 Å². The number of ether oxygens (including phenoxy) is 1. The van der Waals surface area contributed by atoms with Gasteiger partial charge in [-0.3, -0.25) is 9.78 Å². The Labute approximate surface area is 137 Å². The van der Waals surface area contributed by atoms with Crippen molar-refractivity contribution < 1.29 is 9.53 Å². The number of hydrogen-bond acceptors (Lipinski definition) is 3. The van der Waals surface area contributed by atoms with Crippen molar-refractivity contribution in [2.24, 2.45) is 0 Å². The molecule has 0 N–H and O–H groups in total. The molecule has 1 atom stereocenters. The molecule has 0 aliphatic carbocycles. The maximum absolute atomic E-state index is 12.4. The van der Waals surface area contributed by atoms with Gasteiger partial charge in [0.2, 0.25) is 0 Å². The van der Waals surface area contributed by atoms with E-state index in [1.165, 1.54) is 11.1 Å². The van der Waals surface area contributed by atoms with Crippen molar-refractivity contribution in [3.05, 3.63) is 59.9 Å². The minimum absolute atomic E-state index is 0.0474. The molecule has 1 aliphatic heterocycles. The second-order valence-electron chi connectivity index (χ2n) is 6.07. The molecule has 3 rings (SSSR count). The quantitative estimate of drug-likeness (QED) is 0.871. The number of benzene rings is 1. The Hall–Kier alpha value is -2.36. The second kappa shape index (κ2) is 7.27. The molecular weight excluding hydrogens is 288 g/mol. The number of likely N-dealkylation sites (tertiary alicyclic amines) is 1. The van der Waals surface area contributed by atoms with Crippen molar-refractivity contribution in [2.75, 3.05) is 19.7 Å². The van der Waals surface area contributed by atoms with Gasteiger partial charge in [-0.2, -0.15) is 0 Å². The summed E-state index contributed by atoms with van der Waals surface area (Å²) in [5, 5.41) is 0. The van der Waals surface area contributed by atoms with E-state index in [4.69, 9.17) is 4.74 Å². The van der Waals surface area contributed by atoms with Crippen LogP contribution in [0.2, 0.25) is 0 Å². The number of pyridine rings is 1. The van der Waals surface area contributed by atoms with Crippen molar-refractivity contribution >= 4 is 5.91 Å². The molecule has 23 heavy (non-hydrogen) atoms. The molecule has 1 saturated heterocycles. The lowest BCUT2D eigenvalue weighted by Gasteiger charge is -2.33. The van der Waals surface area contributed by atoms with E-state index in [1.807, 2.05) is 11.0 Å². The van der Waals surface area contributed by atoms with Gasteiger partial charge < -0.3 is 9.64 Å². The number of aromatic nitrogens is 1. The zero-order valence-corrected chi connectivity index (χ0v) is 13.4. The number of amides is 1. The van der Waals surface area contributed by atoms with Crippen LogP contribution >= 0.6 is 0 Å². The summed E-state index contributed by atoms with van der Waals surface area (Å²) in [5.41, 5.74) is 2.60. The summed E-state index contributed by atoms with van der Waals surface area (Å²) in [5.74, 6) is 1.10. The minimum atomic E-state index is 0.0474. The van der Waals surface area contributed by atoms with Crippen molar-refractivity contribution in [2.45, 2.75) is 25.7 Å². The Morgan fingerprint density at radius 2 is 2.26 bits per heavy atom. The Morgan fingerprint density at radius 3 is 3.04 bits per heavy atom. The van der Waals surface area contributed by atoms with Gasteiger partial charge in [-0.25, -0.2) is 0 Å². The predicted octanol–water partition coefficient (Wildman–Crippen LogP) is 3.18. The third-order valence-electron chi connectivity index (χ3n) is 4.28. The molecule has 120 valence electrons. The standard InChI is InChI=1S/C19H22N2O2/c1-15-5-2-6-16(11-15)17-7-4-10-21(13-17)19(22)14-23-18-8-3-9-20-12-18/h2-3,5-6,8-9,11-12,17H,4,7,10,13-14H2,1H3/t17-/m1/s1. The molecule has 0 saturated carbocycles. The Balaban J connectivity index is 1.58. The highest BCUT2D eigenvalue weighted by molar-refractivity contribution is 5.78. The van der Waals surface area contributed by atoms with Crippen LogP contribution in [-0.4, -0.2) is 35.5 Å². The van der Waals surface area contributed by atoms with Crippen LogP contribution < -0.4 is 4.74 Å². The molecule has 1 aromatic carbocycles. The third kappa shape index (κ3) is 4.09. The molecule has 1 aromatic heterocycles. The van der Waals surface area contributed by atoms with Gasteiger partial charge in [0, 0.05) is 25.2 Å². The van der Waals surface area contributed by atoms with E-state index < -0.39 is 0 Å². The first kappa shape index (κ1) is 15.5. The lowest BCUT2D eigenvalue weighted by molar-refractivity contribution is -0.134. The minimum Gasteiger partial charge on any atom is -0.482 e. The van der Waals surface area contributed by atoms with E-state index in [0.29, 0.717) is 11.7 Å². The van der Waals surface area contributed by atoms with Crippen molar-refractivity contribution in [3.63, 3.8) is 0 Å². The maximum atomic E-state index is 12.4. The monoisotopic (exact) mass is 310 g/mol. The van der Waals surface area contributed by atoms with Crippen LogP contribution in [0.3, 0.4) is 0 Å². The van der Waals surface area contributed by atoms with Gasteiger partial charge in [0.25, 0.3) is 5.91 Å². The lowest BCUT2D eigenvalue weighted by atomic mass is 9.90. The van der Waals surface area contributed by atoms with Crippen LogP contribution in [0.1, 0.15) is 29.9 Å². The number of carbonyl (C=O) groups excluding carboxylic acids is 1. The fraction of sp³-hybridized carbons (Fsp3) is 0.368. The number of nitrogens with zero attached hydrogens (tertiary/aromatic N) is 2. The van der Waals surface area contributed by atoms with Gasteiger partial charge in [0.15, 0.2) is 6.61 Å². The maximum Gasteiger partial charge on any atom is 0.260 e. The van der Waals surface area contributed by atoms with Gasteiger partial charge in [-0.15, -0.1) is 0 Å². The van der Waals surface area contributed by atoms with Crippen LogP contribution in [-0.2, 0) is 4.79 Å². The molecule has 2 aromatic rings. The van der Waals surface area contributed by atoms with Crippen LogP contribution in [0.25, 0.3) is 0 Å². The summed E-state index contributed by atoms with van der Waals surface area (Å²) in [4.78, 5) is 18.3. The summed E-state index contributed by atoms with van der Waals surface area (Å²) < 4.78 is 5.53. The summed E-state index contributed by atoms with van der Waals surface area (Å²) in [6.07, 6.45) is 5.48.